The van der Waals surface area contributed by atoms with Crippen molar-refractivity contribution in [2.24, 2.45) is 35.3 Å². The van der Waals surface area contributed by atoms with E-state index in [9.17, 15) is 20.1 Å². The zero-order valence-electron chi connectivity index (χ0n) is 21.2. The van der Waals surface area contributed by atoms with Crippen molar-refractivity contribution >= 4 is 5.91 Å². The highest BCUT2D eigenvalue weighted by atomic mass is 16.5. The number of hydrogen-bond donors (Lipinski definition) is 4. The lowest BCUT2D eigenvalue weighted by Gasteiger charge is -2.55. The van der Waals surface area contributed by atoms with Gasteiger partial charge in [0.2, 0.25) is 5.91 Å². The molecule has 0 radical (unpaired) electrons. The zero-order chi connectivity index (χ0) is 24.8. The smallest absolute Gasteiger partial charge is 0.241 e. The minimum atomic E-state index is -0.484. The first-order valence-electron chi connectivity index (χ1n) is 12.8. The van der Waals surface area contributed by atoms with Gasteiger partial charge in [-0.15, -0.1) is 0 Å². The van der Waals surface area contributed by atoms with Gasteiger partial charge in [-0.2, -0.15) is 0 Å². The van der Waals surface area contributed by atoms with Crippen molar-refractivity contribution in [3.05, 3.63) is 23.8 Å². The summed E-state index contributed by atoms with van der Waals surface area (Å²) in [6, 6.07) is 0. The van der Waals surface area contributed by atoms with Crippen LogP contribution in [0.4, 0.5) is 0 Å². The molecule has 2 aliphatic rings. The molecule has 0 aromatic heterocycles. The summed E-state index contributed by atoms with van der Waals surface area (Å²) in [6.45, 7) is 10.5. The molecular formula is C27H47NO5. The second-order valence-corrected chi connectivity index (χ2v) is 10.8. The molecule has 1 saturated carbocycles. The topological polar surface area (TPSA) is 113 Å². The normalized spacial score (nSPS) is 37.4. The number of aliphatic hydroxyl groups is 3. The van der Waals surface area contributed by atoms with Crippen LogP contribution in [-0.2, 0) is 9.53 Å². The Hall–Kier alpha value is -1.21. The SMILES string of the molecule is CCC(/C=C/C(N)=O)=C\CCC(CO)CC(C)[C@@H]1C[C@H](O)[C@H](C)[C@@]2(C1)C[C@@H](O)[C@H](C)[C@@H](C)O2. The van der Waals surface area contributed by atoms with Crippen molar-refractivity contribution in [1.29, 1.82) is 0 Å². The van der Waals surface area contributed by atoms with E-state index < -0.39 is 23.7 Å². The Labute approximate surface area is 200 Å². The summed E-state index contributed by atoms with van der Waals surface area (Å²) in [5.41, 5.74) is 5.77. The summed E-state index contributed by atoms with van der Waals surface area (Å²) in [4.78, 5) is 11.0. The molecular weight excluding hydrogens is 418 g/mol. The molecule has 1 heterocycles. The number of ether oxygens (including phenoxy) is 1. The van der Waals surface area contributed by atoms with Gasteiger partial charge in [-0.25, -0.2) is 0 Å². The molecule has 6 nitrogen and oxygen atoms in total. The lowest BCUT2D eigenvalue weighted by molar-refractivity contribution is -0.240. The van der Waals surface area contributed by atoms with E-state index >= 15 is 0 Å². The highest BCUT2D eigenvalue weighted by Gasteiger charge is 2.53. The zero-order valence-corrected chi connectivity index (χ0v) is 21.2. The van der Waals surface area contributed by atoms with Crippen LogP contribution >= 0.6 is 0 Å². The third-order valence-electron chi connectivity index (χ3n) is 8.50. The molecule has 6 heteroatoms. The van der Waals surface area contributed by atoms with Crippen LogP contribution in [0.25, 0.3) is 0 Å². The molecule has 9 atom stereocenters. The molecule has 1 saturated heterocycles. The maximum atomic E-state index is 11.0. The van der Waals surface area contributed by atoms with Crippen LogP contribution in [0.3, 0.4) is 0 Å². The van der Waals surface area contributed by atoms with E-state index in [4.69, 9.17) is 10.5 Å². The van der Waals surface area contributed by atoms with Crippen LogP contribution in [-0.4, -0.2) is 51.7 Å². The summed E-state index contributed by atoms with van der Waals surface area (Å²) in [5.74, 6) is 0.440. The van der Waals surface area contributed by atoms with E-state index in [1.165, 1.54) is 6.08 Å². The van der Waals surface area contributed by atoms with Gasteiger partial charge >= 0.3 is 0 Å². The van der Waals surface area contributed by atoms with Gasteiger partial charge in [0.25, 0.3) is 0 Å². The molecule has 5 N–H and O–H groups in total. The molecule has 33 heavy (non-hydrogen) atoms. The molecule has 0 bridgehead atoms. The van der Waals surface area contributed by atoms with Crippen molar-refractivity contribution in [2.45, 2.75) is 103 Å². The number of aliphatic hydroxyl groups excluding tert-OH is 3. The van der Waals surface area contributed by atoms with Gasteiger partial charge in [0.05, 0.1) is 23.9 Å². The van der Waals surface area contributed by atoms with Crippen LogP contribution in [0, 0.1) is 29.6 Å². The molecule has 1 aliphatic heterocycles. The fraction of sp³-hybridized carbons (Fsp3) is 0.815. The average Bonchev–Trinajstić information content (AvgIpc) is 2.76. The third-order valence-corrected chi connectivity index (χ3v) is 8.50. The summed E-state index contributed by atoms with van der Waals surface area (Å²) < 4.78 is 6.52. The second-order valence-electron chi connectivity index (χ2n) is 10.8. The first-order valence-corrected chi connectivity index (χ1v) is 12.8. The van der Waals surface area contributed by atoms with Crippen molar-refractivity contribution in [3.63, 3.8) is 0 Å². The summed E-state index contributed by atoms with van der Waals surface area (Å²) in [6.07, 6.45) is 9.96. The van der Waals surface area contributed by atoms with Gasteiger partial charge in [-0.1, -0.05) is 45.4 Å². The van der Waals surface area contributed by atoms with Crippen molar-refractivity contribution in [1.82, 2.24) is 0 Å². The molecule has 1 aliphatic carbocycles. The van der Waals surface area contributed by atoms with Crippen molar-refractivity contribution in [3.8, 4) is 0 Å². The van der Waals surface area contributed by atoms with Gasteiger partial charge < -0.3 is 25.8 Å². The van der Waals surface area contributed by atoms with Crippen LogP contribution in [0.5, 0.6) is 0 Å². The number of carbonyl (C=O) groups excluding carboxylic acids is 1. The Morgan fingerprint density at radius 2 is 1.88 bits per heavy atom. The number of hydrogen-bond acceptors (Lipinski definition) is 5. The number of amides is 1. The maximum Gasteiger partial charge on any atom is 0.241 e. The summed E-state index contributed by atoms with van der Waals surface area (Å²) in [5, 5.41) is 31.6. The van der Waals surface area contributed by atoms with Gasteiger partial charge in [-0.3, -0.25) is 4.79 Å². The van der Waals surface area contributed by atoms with Crippen LogP contribution in [0.15, 0.2) is 23.8 Å². The van der Waals surface area contributed by atoms with Crippen LogP contribution < -0.4 is 5.73 Å². The second kappa shape index (κ2) is 12.5. The van der Waals surface area contributed by atoms with E-state index in [0.29, 0.717) is 18.3 Å². The van der Waals surface area contributed by atoms with Gasteiger partial charge in [0, 0.05) is 30.9 Å². The third kappa shape index (κ3) is 7.38. The van der Waals surface area contributed by atoms with E-state index in [2.05, 4.69) is 19.9 Å². The molecule has 1 amide bonds. The number of allylic oxidation sites excluding steroid dienone is 3. The average molecular weight is 466 g/mol. The summed E-state index contributed by atoms with van der Waals surface area (Å²) in [7, 11) is 0. The number of nitrogens with two attached hydrogens (primary N) is 1. The van der Waals surface area contributed by atoms with Crippen molar-refractivity contribution in [2.75, 3.05) is 6.61 Å². The largest absolute Gasteiger partial charge is 0.396 e. The molecule has 0 aromatic rings. The standard InChI is InChI=1S/C27H47NO5/c1-6-21(10-11-26(28)32)8-7-9-22(16-29)12-17(2)23-13-24(30)19(4)27(14-23)15-25(31)18(3)20(5)33-27/h8,10-11,17-20,22-25,29-31H,6-7,9,12-16H2,1-5H3,(H2,28,32)/b11-10+,21-8+/t17?,18-,19+,20-,22?,23-,24+,25-,27-/m1/s1. The van der Waals surface area contributed by atoms with Crippen LogP contribution in [0.2, 0.25) is 0 Å². The molecule has 190 valence electrons. The fourth-order valence-corrected chi connectivity index (χ4v) is 5.84. The lowest BCUT2D eigenvalue weighted by Crippen LogP contribution is -2.59. The molecule has 2 rings (SSSR count). The maximum absolute atomic E-state index is 11.0. The number of carbonyl (C=O) groups is 1. The predicted octanol–water partition coefficient (Wildman–Crippen LogP) is 3.73. The summed E-state index contributed by atoms with van der Waals surface area (Å²) >= 11 is 0. The predicted molar refractivity (Wildman–Crippen MR) is 131 cm³/mol. The first-order chi connectivity index (χ1) is 15.5. The number of primary amides is 1. The Bertz CT molecular complexity index is 678. The van der Waals surface area contributed by atoms with Crippen molar-refractivity contribution < 1.29 is 24.9 Å². The first kappa shape index (κ1) is 28.0. The van der Waals surface area contributed by atoms with E-state index in [1.807, 2.05) is 20.8 Å². The van der Waals surface area contributed by atoms with Gasteiger partial charge in [0.1, 0.15) is 0 Å². The Morgan fingerprint density at radius 1 is 1.18 bits per heavy atom. The monoisotopic (exact) mass is 465 g/mol. The number of rotatable bonds is 10. The van der Waals surface area contributed by atoms with E-state index in [-0.39, 0.29) is 30.5 Å². The highest BCUT2D eigenvalue weighted by Crippen LogP contribution is 2.49. The highest BCUT2D eigenvalue weighted by molar-refractivity contribution is 5.86. The molecule has 2 unspecified atom stereocenters. The van der Waals surface area contributed by atoms with Gasteiger partial charge in [0.15, 0.2) is 0 Å². The Morgan fingerprint density at radius 3 is 2.45 bits per heavy atom. The lowest BCUT2D eigenvalue weighted by atomic mass is 9.62. The van der Waals surface area contributed by atoms with E-state index in [1.54, 1.807) is 6.08 Å². The molecule has 2 fully saturated rings. The quantitative estimate of drug-likeness (QED) is 0.290. The minimum absolute atomic E-state index is 0.00903. The van der Waals surface area contributed by atoms with Gasteiger partial charge in [-0.05, 0) is 63.2 Å². The molecule has 1 spiro atoms. The minimum Gasteiger partial charge on any atom is -0.396 e. The fourth-order valence-electron chi connectivity index (χ4n) is 5.84. The van der Waals surface area contributed by atoms with E-state index in [0.717, 1.165) is 44.1 Å². The molecule has 0 aromatic carbocycles. The van der Waals surface area contributed by atoms with Crippen LogP contribution in [0.1, 0.15) is 79.6 Å². The Balaban J connectivity index is 2.01. The Kier molecular flexibility index (Phi) is 10.6.